The number of carbonyl (C=O) groups is 2. The van der Waals surface area contributed by atoms with Crippen LogP contribution in [0.5, 0.6) is 11.5 Å². The van der Waals surface area contributed by atoms with Gasteiger partial charge in [0, 0.05) is 55.0 Å². The maximum atomic E-state index is 14.0. The van der Waals surface area contributed by atoms with E-state index >= 15 is 0 Å². The second-order valence-corrected chi connectivity index (χ2v) is 15.2. The fourth-order valence-corrected chi connectivity index (χ4v) is 7.77. The SMILES string of the molecule is COCCN1C2=C(C(=O)CC(C)(C)C2)C(c2cc(I)c(OCc3ccc(Cl)c(Cl)c3)c(OC)c2)C2=C1CC(C)(C)CC2=O. The molecule has 1 aliphatic heterocycles. The lowest BCUT2D eigenvalue weighted by atomic mass is 9.63. The molecule has 230 valence electrons. The number of rotatable bonds is 8. The highest BCUT2D eigenvalue weighted by Gasteiger charge is 2.49. The summed E-state index contributed by atoms with van der Waals surface area (Å²) in [6.07, 6.45) is 2.36. The molecule has 43 heavy (non-hydrogen) atoms. The summed E-state index contributed by atoms with van der Waals surface area (Å²) in [6.45, 7) is 9.93. The molecule has 0 saturated carbocycles. The Bertz CT molecular complexity index is 1490. The van der Waals surface area contributed by atoms with Gasteiger partial charge >= 0.3 is 0 Å². The standard InChI is InChI=1S/C34H38Cl2INO5/c1-33(2)14-24-30(26(39)16-33)29(31-25(38(24)9-10-41-5)15-34(3,4)17-27(31)40)20-12-23(37)32(28(13-20)42-6)43-18-19-7-8-21(35)22(36)11-19/h7-8,11-13,29H,9-10,14-18H2,1-6H3. The van der Waals surface area contributed by atoms with Gasteiger partial charge in [0.25, 0.3) is 0 Å². The summed E-state index contributed by atoms with van der Waals surface area (Å²) >= 11 is 14.5. The summed E-state index contributed by atoms with van der Waals surface area (Å²) in [5, 5.41) is 0.948. The van der Waals surface area contributed by atoms with Crippen LogP contribution in [0.2, 0.25) is 10.0 Å². The second kappa shape index (κ2) is 12.4. The van der Waals surface area contributed by atoms with E-state index in [1.54, 1.807) is 26.4 Å². The maximum Gasteiger partial charge on any atom is 0.174 e. The number of methoxy groups -OCH3 is 2. The molecule has 0 bridgehead atoms. The van der Waals surface area contributed by atoms with Gasteiger partial charge in [-0.15, -0.1) is 0 Å². The highest BCUT2D eigenvalue weighted by atomic mass is 127. The number of carbonyl (C=O) groups excluding carboxylic acids is 2. The van der Waals surface area contributed by atoms with Gasteiger partial charge in [0.15, 0.2) is 23.1 Å². The number of hydrogen-bond acceptors (Lipinski definition) is 6. The van der Waals surface area contributed by atoms with Gasteiger partial charge in [0.2, 0.25) is 0 Å². The number of ether oxygens (including phenoxy) is 3. The van der Waals surface area contributed by atoms with Gasteiger partial charge in [-0.25, -0.2) is 0 Å². The fraction of sp³-hybridized carbons (Fsp3) is 0.471. The van der Waals surface area contributed by atoms with Gasteiger partial charge in [-0.2, -0.15) is 0 Å². The van der Waals surface area contributed by atoms with Crippen molar-refractivity contribution in [1.82, 2.24) is 4.90 Å². The number of Topliss-reactive ketones (excluding diaryl/α,β-unsaturated/α-hetero) is 2. The Morgan fingerprint density at radius 2 is 1.49 bits per heavy atom. The zero-order chi connectivity index (χ0) is 31.3. The molecule has 2 aromatic carbocycles. The van der Waals surface area contributed by atoms with Crippen LogP contribution in [-0.4, -0.2) is 43.8 Å². The Hall–Kier alpha value is -2.07. The number of hydrogen-bond donors (Lipinski definition) is 0. The van der Waals surface area contributed by atoms with Crippen molar-refractivity contribution in [2.24, 2.45) is 10.8 Å². The lowest BCUT2D eigenvalue weighted by Gasteiger charge is -2.49. The van der Waals surface area contributed by atoms with Crippen molar-refractivity contribution in [3.63, 3.8) is 0 Å². The Labute approximate surface area is 277 Å². The van der Waals surface area contributed by atoms with Crippen LogP contribution in [0.15, 0.2) is 52.9 Å². The molecule has 2 aromatic rings. The summed E-state index contributed by atoms with van der Waals surface area (Å²) in [4.78, 5) is 30.3. The minimum absolute atomic E-state index is 0.0942. The molecule has 6 nitrogen and oxygen atoms in total. The number of nitrogens with zero attached hydrogens (tertiary/aromatic N) is 1. The quantitative estimate of drug-likeness (QED) is 0.253. The molecule has 0 unspecified atom stereocenters. The highest BCUT2D eigenvalue weighted by Crippen LogP contribution is 2.55. The number of allylic oxidation sites excluding steroid dienone is 4. The van der Waals surface area contributed by atoms with Crippen LogP contribution in [0, 0.1) is 14.4 Å². The van der Waals surface area contributed by atoms with Crippen LogP contribution in [0.1, 0.15) is 70.4 Å². The van der Waals surface area contributed by atoms with Gasteiger partial charge in [0.1, 0.15) is 6.61 Å². The molecule has 0 atom stereocenters. The van der Waals surface area contributed by atoms with Crippen molar-refractivity contribution >= 4 is 57.4 Å². The molecule has 0 radical (unpaired) electrons. The van der Waals surface area contributed by atoms with Crippen LogP contribution in [0.4, 0.5) is 0 Å². The summed E-state index contributed by atoms with van der Waals surface area (Å²) in [5.74, 6) is 0.849. The zero-order valence-electron chi connectivity index (χ0n) is 25.5. The molecule has 5 rings (SSSR count). The molecule has 0 amide bonds. The molecule has 0 spiro atoms. The number of benzene rings is 2. The predicted molar refractivity (Wildman–Crippen MR) is 178 cm³/mol. The van der Waals surface area contributed by atoms with E-state index in [2.05, 4.69) is 55.2 Å². The van der Waals surface area contributed by atoms with Gasteiger partial charge in [0.05, 0.1) is 27.3 Å². The van der Waals surface area contributed by atoms with Crippen molar-refractivity contribution < 1.29 is 23.8 Å². The zero-order valence-corrected chi connectivity index (χ0v) is 29.2. The van der Waals surface area contributed by atoms with E-state index in [1.165, 1.54) is 0 Å². The van der Waals surface area contributed by atoms with Crippen molar-refractivity contribution in [2.75, 3.05) is 27.4 Å². The van der Waals surface area contributed by atoms with Gasteiger partial charge in [-0.3, -0.25) is 9.59 Å². The van der Waals surface area contributed by atoms with E-state index in [0.29, 0.717) is 47.5 Å². The molecular weight excluding hydrogens is 700 g/mol. The minimum atomic E-state index is -0.470. The normalized spacial score (nSPS) is 19.9. The Kier molecular flexibility index (Phi) is 9.30. The van der Waals surface area contributed by atoms with Crippen molar-refractivity contribution in [2.45, 2.75) is 65.9 Å². The predicted octanol–water partition coefficient (Wildman–Crippen LogP) is 8.52. The third-order valence-electron chi connectivity index (χ3n) is 8.49. The van der Waals surface area contributed by atoms with Gasteiger partial charge < -0.3 is 19.1 Å². The van der Waals surface area contributed by atoms with Crippen molar-refractivity contribution in [1.29, 1.82) is 0 Å². The molecule has 0 fully saturated rings. The monoisotopic (exact) mass is 737 g/mol. The molecule has 2 aliphatic carbocycles. The van der Waals surface area contributed by atoms with E-state index in [9.17, 15) is 9.59 Å². The molecular formula is C34H38Cl2INO5. The molecule has 0 N–H and O–H groups in total. The molecule has 0 saturated heterocycles. The summed E-state index contributed by atoms with van der Waals surface area (Å²) in [5.41, 5.74) is 4.83. The minimum Gasteiger partial charge on any atom is -0.493 e. The summed E-state index contributed by atoms with van der Waals surface area (Å²) < 4.78 is 18.4. The lowest BCUT2D eigenvalue weighted by molar-refractivity contribution is -0.119. The third-order valence-corrected chi connectivity index (χ3v) is 10.0. The smallest absolute Gasteiger partial charge is 0.174 e. The largest absolute Gasteiger partial charge is 0.493 e. The molecule has 1 heterocycles. The van der Waals surface area contributed by atoms with E-state index in [4.69, 9.17) is 37.4 Å². The Morgan fingerprint density at radius 3 is 2.02 bits per heavy atom. The first-order valence-corrected chi connectivity index (χ1v) is 16.3. The number of ketones is 2. The van der Waals surface area contributed by atoms with E-state index in [-0.39, 0.29) is 29.0 Å². The van der Waals surface area contributed by atoms with Crippen molar-refractivity contribution in [3.8, 4) is 11.5 Å². The van der Waals surface area contributed by atoms with Gasteiger partial charge in [-0.1, -0.05) is 57.0 Å². The third kappa shape index (κ3) is 6.51. The maximum absolute atomic E-state index is 14.0. The Balaban J connectivity index is 1.64. The van der Waals surface area contributed by atoms with Crippen LogP contribution in [0.25, 0.3) is 0 Å². The van der Waals surface area contributed by atoms with E-state index < -0.39 is 5.92 Å². The number of halogens is 3. The average molecular weight is 738 g/mol. The summed E-state index contributed by atoms with van der Waals surface area (Å²) in [6, 6.07) is 9.35. The summed E-state index contributed by atoms with van der Waals surface area (Å²) in [7, 11) is 3.29. The van der Waals surface area contributed by atoms with Crippen LogP contribution < -0.4 is 9.47 Å². The van der Waals surface area contributed by atoms with E-state index in [1.807, 2.05) is 18.2 Å². The second-order valence-electron chi connectivity index (χ2n) is 13.3. The average Bonchev–Trinajstić information content (AvgIpc) is 2.91. The lowest BCUT2D eigenvalue weighted by Crippen LogP contribution is -2.45. The van der Waals surface area contributed by atoms with Crippen LogP contribution >= 0.6 is 45.8 Å². The highest BCUT2D eigenvalue weighted by molar-refractivity contribution is 14.1. The van der Waals surface area contributed by atoms with E-state index in [0.717, 1.165) is 50.1 Å². The van der Waals surface area contributed by atoms with Gasteiger partial charge in [-0.05, 0) is 81.7 Å². The first kappa shape index (κ1) is 32.3. The van der Waals surface area contributed by atoms with Crippen LogP contribution in [0.3, 0.4) is 0 Å². The fourth-order valence-electron chi connectivity index (χ4n) is 6.67. The first-order valence-electron chi connectivity index (χ1n) is 14.5. The molecule has 0 aromatic heterocycles. The first-order chi connectivity index (χ1) is 20.2. The molecule has 9 heteroatoms. The Morgan fingerprint density at radius 1 is 0.884 bits per heavy atom. The molecule has 3 aliphatic rings. The van der Waals surface area contributed by atoms with Crippen molar-refractivity contribution in [3.05, 3.63) is 77.6 Å². The van der Waals surface area contributed by atoms with Crippen LogP contribution in [-0.2, 0) is 20.9 Å². The topological polar surface area (TPSA) is 65.1 Å².